The van der Waals surface area contributed by atoms with Gasteiger partial charge in [-0.05, 0) is 13.8 Å². The molecule has 0 radical (unpaired) electrons. The van der Waals surface area contributed by atoms with Gasteiger partial charge in [0.1, 0.15) is 0 Å². The van der Waals surface area contributed by atoms with Gasteiger partial charge in [0.2, 0.25) is 0 Å². The summed E-state index contributed by atoms with van der Waals surface area (Å²) in [6.45, 7) is 6.60. The van der Waals surface area contributed by atoms with Crippen molar-refractivity contribution in [3.05, 3.63) is 12.7 Å². The number of amides is 1. The average Bonchev–Trinajstić information content (AvgIpc) is 1.98. The van der Waals surface area contributed by atoms with E-state index >= 15 is 0 Å². The van der Waals surface area contributed by atoms with Gasteiger partial charge in [-0.15, -0.1) is 6.58 Å². The van der Waals surface area contributed by atoms with Crippen molar-refractivity contribution in [1.82, 2.24) is 9.44 Å². The second kappa shape index (κ2) is 5.61. The fourth-order valence-corrected chi connectivity index (χ4v) is 1.23. The lowest BCUT2D eigenvalue weighted by Crippen LogP contribution is -2.41. The van der Waals surface area contributed by atoms with Gasteiger partial charge in [0, 0.05) is 6.54 Å². The molecule has 0 unspecified atom stereocenters. The maximum atomic E-state index is 11.0. The minimum Gasteiger partial charge on any atom is -0.446 e. The first-order chi connectivity index (χ1) is 6.37. The van der Waals surface area contributed by atoms with E-state index in [2.05, 4.69) is 16.0 Å². The highest BCUT2D eigenvalue weighted by molar-refractivity contribution is 7.88. The Morgan fingerprint density at radius 1 is 1.57 bits per heavy atom. The predicted octanol–water partition coefficient (Wildman–Crippen LogP) is 0.141. The fraction of sp³-hybridized carbons (Fsp3) is 0.571. The van der Waals surface area contributed by atoms with Crippen LogP contribution >= 0.6 is 0 Å². The number of rotatable bonds is 5. The zero-order valence-corrected chi connectivity index (χ0v) is 8.93. The van der Waals surface area contributed by atoms with Crippen LogP contribution < -0.4 is 9.44 Å². The van der Waals surface area contributed by atoms with Crippen LogP contribution in [0.5, 0.6) is 0 Å². The van der Waals surface area contributed by atoms with E-state index in [4.69, 9.17) is 0 Å². The molecule has 0 saturated carbocycles. The molecule has 1 amide bonds. The maximum Gasteiger partial charge on any atom is 0.422 e. The summed E-state index contributed by atoms with van der Waals surface area (Å²) < 4.78 is 30.3. The van der Waals surface area contributed by atoms with Crippen molar-refractivity contribution >= 4 is 16.3 Å². The molecule has 6 nitrogen and oxygen atoms in total. The zero-order chi connectivity index (χ0) is 11.2. The third kappa shape index (κ3) is 6.44. The molecule has 14 heavy (non-hydrogen) atoms. The Bertz CT molecular complexity index is 297. The minimum absolute atomic E-state index is 0.0459. The van der Waals surface area contributed by atoms with E-state index in [1.54, 1.807) is 18.6 Å². The monoisotopic (exact) mass is 222 g/mol. The molecule has 82 valence electrons. The standard InChI is InChI=1S/C7H14N2O4S/c1-4-5-8-14(11,12)9-7(10)13-6(2)3/h4,6,8H,1,5H2,2-3H3,(H,9,10). The molecule has 0 aromatic carbocycles. The first-order valence-electron chi connectivity index (χ1n) is 3.96. The lowest BCUT2D eigenvalue weighted by Gasteiger charge is -2.09. The number of carbonyl (C=O) groups excluding carboxylic acids is 1. The van der Waals surface area contributed by atoms with Crippen LogP contribution in [-0.4, -0.2) is 27.2 Å². The fourth-order valence-electron chi connectivity index (χ4n) is 0.553. The molecular formula is C7H14N2O4S. The van der Waals surface area contributed by atoms with Crippen LogP contribution in [-0.2, 0) is 14.9 Å². The molecule has 0 aromatic heterocycles. The number of ether oxygens (including phenoxy) is 1. The molecule has 0 atom stereocenters. The Balaban J connectivity index is 4.09. The maximum absolute atomic E-state index is 11.0. The summed E-state index contributed by atoms with van der Waals surface area (Å²) in [6, 6.07) is 0. The van der Waals surface area contributed by atoms with Gasteiger partial charge < -0.3 is 4.74 Å². The van der Waals surface area contributed by atoms with E-state index in [0.29, 0.717) is 0 Å². The third-order valence-electron chi connectivity index (χ3n) is 0.978. The molecule has 0 bridgehead atoms. The topological polar surface area (TPSA) is 84.5 Å². The summed E-state index contributed by atoms with van der Waals surface area (Å²) >= 11 is 0. The van der Waals surface area contributed by atoms with Gasteiger partial charge >= 0.3 is 16.3 Å². The molecule has 0 saturated heterocycles. The largest absolute Gasteiger partial charge is 0.446 e. The van der Waals surface area contributed by atoms with E-state index in [1.807, 2.05) is 0 Å². The molecule has 0 fully saturated rings. The lowest BCUT2D eigenvalue weighted by molar-refractivity contribution is 0.121. The number of hydrogen-bond donors (Lipinski definition) is 2. The Labute approximate surface area is 83.5 Å². The van der Waals surface area contributed by atoms with Gasteiger partial charge in [0.15, 0.2) is 0 Å². The number of hydrogen-bond acceptors (Lipinski definition) is 4. The van der Waals surface area contributed by atoms with Crippen molar-refractivity contribution in [1.29, 1.82) is 0 Å². The second-order valence-electron chi connectivity index (χ2n) is 2.70. The van der Waals surface area contributed by atoms with Gasteiger partial charge in [0.25, 0.3) is 0 Å². The van der Waals surface area contributed by atoms with Gasteiger partial charge in [0.05, 0.1) is 6.10 Å². The first-order valence-corrected chi connectivity index (χ1v) is 5.44. The highest BCUT2D eigenvalue weighted by Crippen LogP contribution is 1.89. The molecule has 2 N–H and O–H groups in total. The van der Waals surface area contributed by atoms with Crippen LogP contribution in [0.2, 0.25) is 0 Å². The normalized spacial score (nSPS) is 11.1. The van der Waals surface area contributed by atoms with Crippen LogP contribution in [0.25, 0.3) is 0 Å². The van der Waals surface area contributed by atoms with Gasteiger partial charge in [-0.25, -0.2) is 9.52 Å². The first kappa shape index (κ1) is 12.9. The second-order valence-corrected chi connectivity index (χ2v) is 4.20. The molecule has 7 heteroatoms. The Morgan fingerprint density at radius 2 is 2.14 bits per heavy atom. The molecule has 0 aliphatic carbocycles. The van der Waals surface area contributed by atoms with Crippen molar-refractivity contribution in [2.24, 2.45) is 0 Å². The highest BCUT2D eigenvalue weighted by atomic mass is 32.2. The van der Waals surface area contributed by atoms with E-state index < -0.39 is 16.3 Å². The minimum atomic E-state index is -3.83. The molecular weight excluding hydrogens is 208 g/mol. The zero-order valence-electron chi connectivity index (χ0n) is 8.11. The summed E-state index contributed by atoms with van der Waals surface area (Å²) in [7, 11) is -3.83. The van der Waals surface area contributed by atoms with Gasteiger partial charge in [-0.1, -0.05) is 6.08 Å². The van der Waals surface area contributed by atoms with Crippen molar-refractivity contribution in [2.75, 3.05) is 6.54 Å². The van der Waals surface area contributed by atoms with E-state index in [0.717, 1.165) is 0 Å². The van der Waals surface area contributed by atoms with E-state index in [9.17, 15) is 13.2 Å². The molecule has 0 rings (SSSR count). The van der Waals surface area contributed by atoms with Crippen LogP contribution in [0.1, 0.15) is 13.8 Å². The third-order valence-corrected chi connectivity index (χ3v) is 1.96. The highest BCUT2D eigenvalue weighted by Gasteiger charge is 2.14. The van der Waals surface area contributed by atoms with Crippen molar-refractivity contribution in [2.45, 2.75) is 20.0 Å². The molecule has 0 aromatic rings. The number of carbonyl (C=O) groups is 1. The van der Waals surface area contributed by atoms with Crippen LogP contribution in [0.15, 0.2) is 12.7 Å². The molecule has 0 spiro atoms. The smallest absolute Gasteiger partial charge is 0.422 e. The van der Waals surface area contributed by atoms with Crippen LogP contribution in [0.4, 0.5) is 4.79 Å². The van der Waals surface area contributed by atoms with E-state index in [1.165, 1.54) is 6.08 Å². The molecule has 0 heterocycles. The summed E-state index contributed by atoms with van der Waals surface area (Å²) in [5.74, 6) is 0. The Hall–Kier alpha value is -1.08. The van der Waals surface area contributed by atoms with Crippen LogP contribution in [0.3, 0.4) is 0 Å². The summed E-state index contributed by atoms with van der Waals surface area (Å²) in [4.78, 5) is 10.9. The Kier molecular flexibility index (Phi) is 5.18. The quantitative estimate of drug-likeness (QED) is 0.648. The Morgan fingerprint density at radius 3 is 2.57 bits per heavy atom. The average molecular weight is 222 g/mol. The molecule has 0 aliphatic heterocycles. The SMILES string of the molecule is C=CCNS(=O)(=O)NC(=O)OC(C)C. The summed E-state index contributed by atoms with van der Waals surface area (Å²) in [5, 5.41) is 0. The van der Waals surface area contributed by atoms with Gasteiger partial charge in [-0.3, -0.25) is 0 Å². The number of nitrogens with one attached hydrogen (secondary N) is 2. The van der Waals surface area contributed by atoms with E-state index in [-0.39, 0.29) is 12.6 Å². The van der Waals surface area contributed by atoms with Crippen molar-refractivity contribution in [3.63, 3.8) is 0 Å². The van der Waals surface area contributed by atoms with Crippen LogP contribution in [0, 0.1) is 0 Å². The van der Waals surface area contributed by atoms with Crippen molar-refractivity contribution in [3.8, 4) is 0 Å². The van der Waals surface area contributed by atoms with Gasteiger partial charge in [-0.2, -0.15) is 13.1 Å². The summed E-state index contributed by atoms with van der Waals surface area (Å²) in [6.07, 6.45) is -0.0197. The predicted molar refractivity (Wildman–Crippen MR) is 51.9 cm³/mol. The lowest BCUT2D eigenvalue weighted by atomic mass is 10.5. The van der Waals surface area contributed by atoms with Crippen molar-refractivity contribution < 1.29 is 17.9 Å². The summed E-state index contributed by atoms with van der Waals surface area (Å²) in [5.41, 5.74) is 0. The molecule has 0 aliphatic rings.